The van der Waals surface area contributed by atoms with Gasteiger partial charge in [-0.15, -0.1) is 0 Å². The van der Waals surface area contributed by atoms with E-state index in [0.29, 0.717) is 5.92 Å². The minimum absolute atomic E-state index is 0.0370. The van der Waals surface area contributed by atoms with Gasteiger partial charge in [0.25, 0.3) is 0 Å². The van der Waals surface area contributed by atoms with Crippen LogP contribution in [0.1, 0.15) is 64.3 Å². The van der Waals surface area contributed by atoms with Crippen LogP contribution in [-0.4, -0.2) is 24.2 Å². The summed E-state index contributed by atoms with van der Waals surface area (Å²) in [5, 5.41) is 9.23. The van der Waals surface area contributed by atoms with Crippen molar-refractivity contribution in [3.63, 3.8) is 0 Å². The number of methoxy groups -OCH3 is 1. The maximum Gasteiger partial charge on any atom is 0.338 e. The zero-order valence-corrected chi connectivity index (χ0v) is 11.0. The third kappa shape index (κ3) is 2.95. The van der Waals surface area contributed by atoms with Crippen molar-refractivity contribution in [2.45, 2.75) is 38.0 Å². The zero-order valence-electron chi connectivity index (χ0n) is 11.0. The summed E-state index contributed by atoms with van der Waals surface area (Å²) in [5.74, 6) is -1.27. The summed E-state index contributed by atoms with van der Waals surface area (Å²) in [4.78, 5) is 22.8. The Morgan fingerprint density at radius 1 is 1.16 bits per heavy atom. The Kier molecular flexibility index (Phi) is 4.20. The van der Waals surface area contributed by atoms with Gasteiger partial charge in [0.15, 0.2) is 0 Å². The molecule has 2 rings (SSSR count). The molecule has 0 spiro atoms. The molecule has 1 aromatic carbocycles. The van der Waals surface area contributed by atoms with Crippen molar-refractivity contribution in [3.8, 4) is 0 Å². The Hall–Kier alpha value is -1.84. The van der Waals surface area contributed by atoms with Gasteiger partial charge in [-0.2, -0.15) is 0 Å². The summed E-state index contributed by atoms with van der Waals surface area (Å²) in [6.07, 6.45) is 5.81. The summed E-state index contributed by atoms with van der Waals surface area (Å²) in [6.45, 7) is 0. The summed E-state index contributed by atoms with van der Waals surface area (Å²) in [7, 11) is 1.25. The van der Waals surface area contributed by atoms with E-state index in [2.05, 4.69) is 4.74 Å². The molecule has 0 bridgehead atoms. The molecular formula is C15H18O4. The molecule has 19 heavy (non-hydrogen) atoms. The van der Waals surface area contributed by atoms with Crippen molar-refractivity contribution in [2.75, 3.05) is 7.11 Å². The fourth-order valence-electron chi connectivity index (χ4n) is 2.72. The van der Waals surface area contributed by atoms with Crippen molar-refractivity contribution in [2.24, 2.45) is 0 Å². The second kappa shape index (κ2) is 5.87. The lowest BCUT2D eigenvalue weighted by atomic mass is 9.83. The highest BCUT2D eigenvalue weighted by Gasteiger charge is 2.21. The van der Waals surface area contributed by atoms with Crippen LogP contribution >= 0.6 is 0 Å². The molecule has 0 aliphatic heterocycles. The van der Waals surface area contributed by atoms with Crippen LogP contribution in [0.5, 0.6) is 0 Å². The highest BCUT2D eigenvalue weighted by Crippen LogP contribution is 2.33. The molecule has 0 radical (unpaired) electrons. The van der Waals surface area contributed by atoms with Crippen molar-refractivity contribution in [3.05, 3.63) is 34.9 Å². The molecule has 1 N–H and O–H groups in total. The maximum absolute atomic E-state index is 11.5. The molecule has 4 heteroatoms. The van der Waals surface area contributed by atoms with Crippen molar-refractivity contribution < 1.29 is 19.4 Å². The van der Waals surface area contributed by atoms with E-state index in [4.69, 9.17) is 0 Å². The summed E-state index contributed by atoms with van der Waals surface area (Å²) in [5.41, 5.74) is 1.18. The number of ether oxygens (including phenoxy) is 1. The van der Waals surface area contributed by atoms with Gasteiger partial charge >= 0.3 is 11.9 Å². The lowest BCUT2D eigenvalue weighted by Gasteiger charge is -2.22. The molecule has 1 aliphatic rings. The smallest absolute Gasteiger partial charge is 0.338 e. The molecule has 0 unspecified atom stereocenters. The molecule has 0 aromatic heterocycles. The fourth-order valence-corrected chi connectivity index (χ4v) is 2.72. The van der Waals surface area contributed by atoms with Crippen molar-refractivity contribution in [1.82, 2.24) is 0 Å². The number of benzene rings is 1. The van der Waals surface area contributed by atoms with E-state index in [1.54, 1.807) is 12.1 Å². The number of aromatic carboxylic acids is 1. The van der Waals surface area contributed by atoms with E-state index >= 15 is 0 Å². The highest BCUT2D eigenvalue weighted by molar-refractivity contribution is 6.02. The van der Waals surface area contributed by atoms with Crippen LogP contribution in [0.15, 0.2) is 18.2 Å². The van der Waals surface area contributed by atoms with Crippen LogP contribution in [-0.2, 0) is 4.74 Å². The number of carboxylic acid groups (broad SMARTS) is 1. The van der Waals surface area contributed by atoms with E-state index < -0.39 is 11.9 Å². The van der Waals surface area contributed by atoms with Crippen LogP contribution in [0.4, 0.5) is 0 Å². The minimum atomic E-state index is -1.09. The molecule has 0 atom stereocenters. The van der Waals surface area contributed by atoms with Gasteiger partial charge in [0.1, 0.15) is 0 Å². The summed E-state index contributed by atoms with van der Waals surface area (Å²) < 4.78 is 4.61. The number of carbonyl (C=O) groups is 2. The molecule has 1 aromatic rings. The first-order chi connectivity index (χ1) is 9.13. The van der Waals surface area contributed by atoms with Gasteiger partial charge in [-0.3, -0.25) is 0 Å². The largest absolute Gasteiger partial charge is 0.478 e. The van der Waals surface area contributed by atoms with Gasteiger partial charge in [-0.1, -0.05) is 25.3 Å². The molecule has 4 nitrogen and oxygen atoms in total. The lowest BCUT2D eigenvalue weighted by Crippen LogP contribution is -2.12. The number of hydrogen-bond acceptors (Lipinski definition) is 3. The Morgan fingerprint density at radius 2 is 1.84 bits per heavy atom. The highest BCUT2D eigenvalue weighted by atomic mass is 16.5. The van der Waals surface area contributed by atoms with E-state index in [1.807, 2.05) is 6.07 Å². The lowest BCUT2D eigenvalue weighted by molar-refractivity contribution is 0.0582. The van der Waals surface area contributed by atoms with Gasteiger partial charge in [0.05, 0.1) is 18.2 Å². The SMILES string of the molecule is COC(=O)c1ccc(C2CCCCC2)cc1C(=O)O. The molecular weight excluding hydrogens is 244 g/mol. The molecule has 102 valence electrons. The molecule has 1 saturated carbocycles. The Bertz CT molecular complexity index is 487. The third-order valence-electron chi connectivity index (χ3n) is 3.76. The Labute approximate surface area is 112 Å². The topological polar surface area (TPSA) is 63.6 Å². The fraction of sp³-hybridized carbons (Fsp3) is 0.467. The first-order valence-corrected chi connectivity index (χ1v) is 6.59. The second-order valence-corrected chi connectivity index (χ2v) is 4.94. The molecule has 0 saturated heterocycles. The number of carbonyl (C=O) groups excluding carboxylic acids is 1. The predicted octanol–water partition coefficient (Wildman–Crippen LogP) is 3.22. The molecule has 0 amide bonds. The van der Waals surface area contributed by atoms with E-state index in [1.165, 1.54) is 26.4 Å². The van der Waals surface area contributed by atoms with E-state index in [9.17, 15) is 14.7 Å². The normalized spacial score (nSPS) is 16.1. The van der Waals surface area contributed by atoms with E-state index in [0.717, 1.165) is 18.4 Å². The molecule has 1 aliphatic carbocycles. The monoisotopic (exact) mass is 262 g/mol. The first kappa shape index (κ1) is 13.6. The first-order valence-electron chi connectivity index (χ1n) is 6.59. The maximum atomic E-state index is 11.5. The molecule has 1 fully saturated rings. The quantitative estimate of drug-likeness (QED) is 0.849. The van der Waals surface area contributed by atoms with Crippen LogP contribution in [0.25, 0.3) is 0 Å². The van der Waals surface area contributed by atoms with Gasteiger partial charge in [-0.05, 0) is 36.5 Å². The van der Waals surface area contributed by atoms with Gasteiger partial charge in [0.2, 0.25) is 0 Å². The van der Waals surface area contributed by atoms with Crippen LogP contribution in [0.3, 0.4) is 0 Å². The second-order valence-electron chi connectivity index (χ2n) is 4.94. The number of esters is 1. The minimum Gasteiger partial charge on any atom is -0.478 e. The number of rotatable bonds is 3. The van der Waals surface area contributed by atoms with Crippen molar-refractivity contribution >= 4 is 11.9 Å². The van der Waals surface area contributed by atoms with Gasteiger partial charge in [0, 0.05) is 0 Å². The van der Waals surface area contributed by atoms with E-state index in [-0.39, 0.29) is 11.1 Å². The van der Waals surface area contributed by atoms with Crippen LogP contribution in [0, 0.1) is 0 Å². The average molecular weight is 262 g/mol. The van der Waals surface area contributed by atoms with Crippen LogP contribution in [0.2, 0.25) is 0 Å². The van der Waals surface area contributed by atoms with Crippen LogP contribution < -0.4 is 0 Å². The van der Waals surface area contributed by atoms with Crippen molar-refractivity contribution in [1.29, 1.82) is 0 Å². The zero-order chi connectivity index (χ0) is 13.8. The average Bonchev–Trinajstić information content (AvgIpc) is 2.46. The Balaban J connectivity index is 2.35. The number of carboxylic acids is 1. The van der Waals surface area contributed by atoms with Gasteiger partial charge in [-0.25, -0.2) is 9.59 Å². The van der Waals surface area contributed by atoms with Gasteiger partial charge < -0.3 is 9.84 Å². The summed E-state index contributed by atoms with van der Waals surface area (Å²) >= 11 is 0. The molecule has 0 heterocycles. The standard InChI is InChI=1S/C15H18O4/c1-19-15(18)12-8-7-11(9-13(12)14(16)17)10-5-3-2-4-6-10/h7-10H,2-6H2,1H3,(H,16,17). The predicted molar refractivity (Wildman–Crippen MR) is 70.6 cm³/mol. The Morgan fingerprint density at radius 3 is 2.42 bits per heavy atom. The summed E-state index contributed by atoms with van der Waals surface area (Å²) in [6, 6.07) is 5.05. The number of hydrogen-bond donors (Lipinski definition) is 1. The third-order valence-corrected chi connectivity index (χ3v) is 3.76.